The highest BCUT2D eigenvalue weighted by molar-refractivity contribution is 5.26. The first-order chi connectivity index (χ1) is 19.1. The van der Waals surface area contributed by atoms with Gasteiger partial charge in [0.05, 0.1) is 39.6 Å². The van der Waals surface area contributed by atoms with Gasteiger partial charge in [0.25, 0.3) is 0 Å². The van der Waals surface area contributed by atoms with E-state index in [2.05, 4.69) is 6.58 Å². The van der Waals surface area contributed by atoms with Gasteiger partial charge in [-0.05, 0) is 35.7 Å². The van der Waals surface area contributed by atoms with Gasteiger partial charge in [-0.3, -0.25) is 0 Å². The lowest BCUT2D eigenvalue weighted by molar-refractivity contribution is -0.325. The van der Waals surface area contributed by atoms with Gasteiger partial charge in [0.2, 0.25) is 0 Å². The minimum absolute atomic E-state index is 0.159. The van der Waals surface area contributed by atoms with Crippen molar-refractivity contribution >= 4 is 0 Å². The highest BCUT2D eigenvalue weighted by Gasteiger charge is 2.48. The monoisotopic (exact) mass is 534 g/mol. The van der Waals surface area contributed by atoms with Crippen molar-refractivity contribution < 1.29 is 33.5 Å². The van der Waals surface area contributed by atoms with E-state index in [0.717, 1.165) is 22.4 Å². The maximum atomic E-state index is 11.5. The Morgan fingerprint density at radius 2 is 1.38 bits per heavy atom. The summed E-state index contributed by atoms with van der Waals surface area (Å²) in [6, 6.07) is 27.3. The van der Waals surface area contributed by atoms with Gasteiger partial charge in [-0.1, -0.05) is 78.9 Å². The molecule has 1 saturated heterocycles. The van der Waals surface area contributed by atoms with Crippen LogP contribution in [-0.2, 0) is 43.5 Å². The maximum Gasteiger partial charge on any atom is 0.187 e. The summed E-state index contributed by atoms with van der Waals surface area (Å²) in [5.74, 6) is 0.761. The fourth-order valence-corrected chi connectivity index (χ4v) is 4.32. The van der Waals surface area contributed by atoms with E-state index in [9.17, 15) is 5.11 Å². The second-order valence-electron chi connectivity index (χ2n) is 9.50. The van der Waals surface area contributed by atoms with Gasteiger partial charge in [-0.25, -0.2) is 0 Å². The molecule has 0 aromatic heterocycles. The predicted molar refractivity (Wildman–Crippen MR) is 148 cm³/mol. The zero-order chi connectivity index (χ0) is 27.5. The lowest BCUT2D eigenvalue weighted by Gasteiger charge is -2.44. The average molecular weight is 535 g/mol. The van der Waals surface area contributed by atoms with Crippen LogP contribution >= 0.6 is 0 Å². The van der Waals surface area contributed by atoms with Crippen molar-refractivity contribution in [3.63, 3.8) is 0 Å². The molecule has 7 heteroatoms. The molecule has 1 aliphatic heterocycles. The van der Waals surface area contributed by atoms with Gasteiger partial charge in [0, 0.05) is 0 Å². The molecule has 3 aromatic rings. The summed E-state index contributed by atoms with van der Waals surface area (Å²) in [7, 11) is 1.63. The van der Waals surface area contributed by atoms with E-state index in [4.69, 9.17) is 28.4 Å². The lowest BCUT2D eigenvalue weighted by Crippen LogP contribution is -2.61. The molecule has 0 amide bonds. The standard InChI is InChI=1S/C32H38O7/c1-4-23(2)38-32-31(37-20-25-13-9-6-10-14-25)30(36-21-26-15-17-27(34-3)18-16-26)29(33)28(39-32)22-35-19-24-11-7-5-8-12-24/h4-18,23,28-33H,1,19-22H2,2-3H3/t23?,28-,29+,30+,31-,32-/m1/s1. The van der Waals surface area contributed by atoms with Crippen LogP contribution in [-0.4, -0.2) is 55.6 Å². The summed E-state index contributed by atoms with van der Waals surface area (Å²) in [6.45, 7) is 6.84. The molecule has 6 atom stereocenters. The molecular weight excluding hydrogens is 496 g/mol. The van der Waals surface area contributed by atoms with Crippen molar-refractivity contribution in [3.8, 4) is 5.75 Å². The van der Waals surface area contributed by atoms with Gasteiger partial charge >= 0.3 is 0 Å². The first kappa shape index (κ1) is 29.0. The van der Waals surface area contributed by atoms with E-state index in [1.54, 1.807) is 13.2 Å². The van der Waals surface area contributed by atoms with Crippen molar-refractivity contribution in [2.75, 3.05) is 13.7 Å². The molecule has 0 spiro atoms. The molecule has 7 nitrogen and oxygen atoms in total. The van der Waals surface area contributed by atoms with Crippen LogP contribution in [0.2, 0.25) is 0 Å². The summed E-state index contributed by atoms with van der Waals surface area (Å²) in [5.41, 5.74) is 2.96. The normalized spacial score (nSPS) is 23.7. The third kappa shape index (κ3) is 8.47. The zero-order valence-electron chi connectivity index (χ0n) is 22.6. The molecule has 0 radical (unpaired) electrons. The number of ether oxygens (including phenoxy) is 6. The molecule has 0 saturated carbocycles. The minimum Gasteiger partial charge on any atom is -0.497 e. The quantitative estimate of drug-likeness (QED) is 0.290. The Hall–Kier alpha value is -3.04. The Bertz CT molecular complexity index is 1110. The second kappa shape index (κ2) is 14.9. The third-order valence-electron chi connectivity index (χ3n) is 6.58. The summed E-state index contributed by atoms with van der Waals surface area (Å²) in [4.78, 5) is 0. The molecule has 3 aromatic carbocycles. The summed E-state index contributed by atoms with van der Waals surface area (Å²) in [5, 5.41) is 11.5. The molecule has 0 aliphatic carbocycles. The van der Waals surface area contributed by atoms with E-state index in [-0.39, 0.29) is 19.3 Å². The molecule has 4 rings (SSSR count). The maximum absolute atomic E-state index is 11.5. The van der Waals surface area contributed by atoms with Gasteiger partial charge in [0.1, 0.15) is 30.2 Å². The Morgan fingerprint density at radius 3 is 1.97 bits per heavy atom. The van der Waals surface area contributed by atoms with Crippen LogP contribution < -0.4 is 4.74 Å². The Labute approximate surface area is 230 Å². The van der Waals surface area contributed by atoms with Crippen molar-refractivity contribution in [1.29, 1.82) is 0 Å². The largest absolute Gasteiger partial charge is 0.497 e. The molecule has 208 valence electrons. The highest BCUT2D eigenvalue weighted by atomic mass is 16.7. The first-order valence-electron chi connectivity index (χ1n) is 13.2. The predicted octanol–water partition coefficient (Wildman–Crippen LogP) is 5.06. The summed E-state index contributed by atoms with van der Waals surface area (Å²) in [6.07, 6.45) is -2.57. The fraction of sp³-hybridized carbons (Fsp3) is 0.375. The van der Waals surface area contributed by atoms with E-state index < -0.39 is 30.7 Å². The molecule has 0 bridgehead atoms. The van der Waals surface area contributed by atoms with Crippen LogP contribution in [0.4, 0.5) is 0 Å². The number of benzene rings is 3. The van der Waals surface area contributed by atoms with Crippen molar-refractivity contribution in [3.05, 3.63) is 114 Å². The summed E-state index contributed by atoms with van der Waals surface area (Å²) >= 11 is 0. The average Bonchev–Trinajstić information content (AvgIpc) is 2.98. The Balaban J connectivity index is 1.52. The number of hydrogen-bond acceptors (Lipinski definition) is 7. The molecule has 39 heavy (non-hydrogen) atoms. The first-order valence-corrected chi connectivity index (χ1v) is 13.2. The minimum atomic E-state index is -1.02. The second-order valence-corrected chi connectivity index (χ2v) is 9.50. The number of hydrogen-bond donors (Lipinski definition) is 1. The van der Waals surface area contributed by atoms with Crippen LogP contribution in [0.1, 0.15) is 23.6 Å². The van der Waals surface area contributed by atoms with Crippen LogP contribution in [0.5, 0.6) is 5.75 Å². The highest BCUT2D eigenvalue weighted by Crippen LogP contribution is 2.30. The van der Waals surface area contributed by atoms with Gasteiger partial charge in [-0.15, -0.1) is 6.58 Å². The van der Waals surface area contributed by atoms with E-state index in [1.807, 2.05) is 91.9 Å². The third-order valence-corrected chi connectivity index (χ3v) is 6.58. The number of rotatable bonds is 14. The number of methoxy groups -OCH3 is 1. The van der Waals surface area contributed by atoms with Gasteiger partial charge in [0.15, 0.2) is 6.29 Å². The van der Waals surface area contributed by atoms with Crippen molar-refractivity contribution in [2.24, 2.45) is 0 Å². The van der Waals surface area contributed by atoms with Crippen molar-refractivity contribution in [2.45, 2.75) is 63.6 Å². The molecule has 1 unspecified atom stereocenters. The molecule has 1 heterocycles. The van der Waals surface area contributed by atoms with E-state index in [1.165, 1.54) is 0 Å². The fourth-order valence-electron chi connectivity index (χ4n) is 4.32. The van der Waals surface area contributed by atoms with Crippen LogP contribution in [0.25, 0.3) is 0 Å². The SMILES string of the molecule is C=CC(C)O[C@@H]1O[C@H](COCc2ccccc2)[C@H](O)[C@H](OCc2ccc(OC)cc2)[C@H]1OCc1ccccc1. The van der Waals surface area contributed by atoms with E-state index >= 15 is 0 Å². The topological polar surface area (TPSA) is 75.6 Å². The zero-order valence-corrected chi connectivity index (χ0v) is 22.6. The van der Waals surface area contributed by atoms with Crippen LogP contribution in [0, 0.1) is 0 Å². The molecular formula is C32H38O7. The van der Waals surface area contributed by atoms with Crippen LogP contribution in [0.3, 0.4) is 0 Å². The smallest absolute Gasteiger partial charge is 0.187 e. The Kier molecular flexibility index (Phi) is 11.1. The lowest BCUT2D eigenvalue weighted by atomic mass is 9.98. The molecule has 1 aliphatic rings. The number of aliphatic hydroxyl groups excluding tert-OH is 1. The summed E-state index contributed by atoms with van der Waals surface area (Å²) < 4.78 is 36.3. The molecule has 1 N–H and O–H groups in total. The molecule has 1 fully saturated rings. The van der Waals surface area contributed by atoms with Crippen molar-refractivity contribution in [1.82, 2.24) is 0 Å². The number of aliphatic hydroxyl groups is 1. The van der Waals surface area contributed by atoms with Gasteiger partial charge < -0.3 is 33.5 Å². The van der Waals surface area contributed by atoms with Gasteiger partial charge in [-0.2, -0.15) is 0 Å². The van der Waals surface area contributed by atoms with Crippen LogP contribution in [0.15, 0.2) is 97.6 Å². The Morgan fingerprint density at radius 1 is 0.821 bits per heavy atom. The van der Waals surface area contributed by atoms with E-state index in [0.29, 0.717) is 13.2 Å².